The number of methoxy groups -OCH3 is 1. The van der Waals surface area contributed by atoms with Gasteiger partial charge < -0.3 is 20.2 Å². The van der Waals surface area contributed by atoms with Crippen LogP contribution in [-0.4, -0.2) is 47.8 Å². The summed E-state index contributed by atoms with van der Waals surface area (Å²) in [4.78, 5) is 9.12. The molecular formula is C35H43N6O2Si. The molecule has 9 heteroatoms. The number of nitrogens with two attached hydrogens (primary N) is 1. The minimum Gasteiger partial charge on any atom is -0.496 e. The summed E-state index contributed by atoms with van der Waals surface area (Å²) in [6.45, 7) is 10.2. The van der Waals surface area contributed by atoms with Crippen molar-refractivity contribution in [1.29, 1.82) is 0 Å². The molecule has 8 nitrogen and oxygen atoms in total. The molecule has 0 saturated carbocycles. The first kappa shape index (κ1) is 31.2. The zero-order valence-corrected chi connectivity index (χ0v) is 27.4. The minimum atomic E-state index is -2.64. The summed E-state index contributed by atoms with van der Waals surface area (Å²) >= 11 is 0. The maximum Gasteiger partial charge on any atom is 0.261 e. The number of nitrogens with zero attached hydrogens (tertiary/aromatic N) is 4. The summed E-state index contributed by atoms with van der Waals surface area (Å²) in [5.41, 5.74) is 8.63. The first-order valence-corrected chi connectivity index (χ1v) is 17.2. The van der Waals surface area contributed by atoms with Gasteiger partial charge in [-0.25, -0.2) is 4.98 Å². The molecule has 3 N–H and O–H groups in total. The van der Waals surface area contributed by atoms with E-state index >= 15 is 0 Å². The molecule has 0 bridgehead atoms. The van der Waals surface area contributed by atoms with Crippen LogP contribution >= 0.6 is 0 Å². The maximum atomic E-state index is 7.21. The predicted octanol–water partition coefficient (Wildman–Crippen LogP) is 5.81. The zero-order valence-electron chi connectivity index (χ0n) is 26.4. The Balaban J connectivity index is 1.43. The average molecular weight is 608 g/mol. The summed E-state index contributed by atoms with van der Waals surface area (Å²) in [5, 5.41) is 10.8. The van der Waals surface area contributed by atoms with Crippen LogP contribution in [0.15, 0.2) is 85.1 Å². The SMILES string of the molecule is CCC[C@@H](CCO[Si](c1ccccc1)(c1ccccc1)C(C)(C)C)Nc1nc(N)nc2cnn(Cc3c[c]ccc3OC)c12. The average Bonchev–Trinajstić information content (AvgIpc) is 3.42. The highest BCUT2D eigenvalue weighted by molar-refractivity contribution is 6.99. The Morgan fingerprint density at radius 3 is 2.27 bits per heavy atom. The van der Waals surface area contributed by atoms with E-state index in [-0.39, 0.29) is 17.0 Å². The number of fused-ring (bicyclic) bond motifs is 1. The standard InChI is InChI=1S/C35H43N6O2Si/c1-6-15-27(22-23-43-44(35(2,3)4,28-17-9-7-10-18-28)29-19-11-8-12-20-29)38-33-32-30(39-34(36)40-33)24-37-41(32)25-26-16-13-14-21-31(26)42-5/h7-12,14,16-21,24,27H,6,15,22-23,25H2,1-5H3,(H3,36,38,39,40)/t27-/m0/s1. The Morgan fingerprint density at radius 2 is 1.66 bits per heavy atom. The second kappa shape index (κ2) is 13.6. The number of nitrogens with one attached hydrogen (secondary N) is 1. The lowest BCUT2D eigenvalue weighted by molar-refractivity contribution is 0.281. The lowest BCUT2D eigenvalue weighted by atomic mass is 10.1. The van der Waals surface area contributed by atoms with Gasteiger partial charge >= 0.3 is 0 Å². The van der Waals surface area contributed by atoms with Crippen molar-refractivity contribution in [3.05, 3.63) is 96.7 Å². The van der Waals surface area contributed by atoms with Gasteiger partial charge in [0.15, 0.2) is 5.82 Å². The molecule has 0 saturated heterocycles. The van der Waals surface area contributed by atoms with Crippen LogP contribution in [0, 0.1) is 6.07 Å². The van der Waals surface area contributed by atoms with Crippen molar-refractivity contribution in [3.8, 4) is 5.75 Å². The quantitative estimate of drug-likeness (QED) is 0.163. The Hall–Kier alpha value is -4.21. The van der Waals surface area contributed by atoms with Crippen LogP contribution in [0.2, 0.25) is 5.04 Å². The smallest absolute Gasteiger partial charge is 0.261 e. The molecule has 3 aromatic carbocycles. The molecule has 0 aliphatic carbocycles. The summed E-state index contributed by atoms with van der Waals surface area (Å²) in [5.74, 6) is 1.67. The number of nitrogen functional groups attached to an aromatic ring is 1. The summed E-state index contributed by atoms with van der Waals surface area (Å²) in [7, 11) is -0.969. The molecule has 229 valence electrons. The molecule has 5 aromatic rings. The van der Waals surface area contributed by atoms with E-state index in [4.69, 9.17) is 14.9 Å². The highest BCUT2D eigenvalue weighted by atomic mass is 28.4. The van der Waals surface area contributed by atoms with E-state index in [1.165, 1.54) is 10.4 Å². The third kappa shape index (κ3) is 6.49. The second-order valence-electron chi connectivity index (χ2n) is 12.1. The topological polar surface area (TPSA) is 100 Å². The first-order valence-electron chi connectivity index (χ1n) is 15.3. The fraction of sp³-hybridized carbons (Fsp3) is 0.343. The van der Waals surface area contributed by atoms with Gasteiger partial charge in [-0.05, 0) is 46.5 Å². The van der Waals surface area contributed by atoms with Crippen molar-refractivity contribution in [2.45, 2.75) is 64.6 Å². The van der Waals surface area contributed by atoms with E-state index in [1.807, 2.05) is 22.9 Å². The van der Waals surface area contributed by atoms with Crippen molar-refractivity contribution in [2.75, 3.05) is 24.8 Å². The van der Waals surface area contributed by atoms with Gasteiger partial charge in [-0.15, -0.1) is 0 Å². The lowest BCUT2D eigenvalue weighted by Gasteiger charge is -2.43. The highest BCUT2D eigenvalue weighted by Gasteiger charge is 2.50. The molecule has 0 amide bonds. The van der Waals surface area contributed by atoms with Gasteiger partial charge in [0.1, 0.15) is 16.8 Å². The number of hydrogen-bond donors (Lipinski definition) is 2. The number of ether oxygens (including phenoxy) is 1. The van der Waals surface area contributed by atoms with Crippen molar-refractivity contribution in [2.24, 2.45) is 0 Å². The Labute approximate surface area is 261 Å². The fourth-order valence-electron chi connectivity index (χ4n) is 6.12. The van der Waals surface area contributed by atoms with E-state index in [2.05, 4.69) is 115 Å². The van der Waals surface area contributed by atoms with Crippen LogP contribution in [0.4, 0.5) is 11.8 Å². The highest BCUT2D eigenvalue weighted by Crippen LogP contribution is 2.37. The number of rotatable bonds is 13. The van der Waals surface area contributed by atoms with Gasteiger partial charge in [0.25, 0.3) is 8.32 Å². The maximum absolute atomic E-state index is 7.21. The molecule has 0 fully saturated rings. The van der Waals surface area contributed by atoms with Crippen molar-refractivity contribution >= 4 is 41.5 Å². The van der Waals surface area contributed by atoms with Gasteiger partial charge in [-0.2, -0.15) is 10.1 Å². The number of aromatic nitrogens is 4. The minimum absolute atomic E-state index is 0.0842. The van der Waals surface area contributed by atoms with Crippen molar-refractivity contribution in [3.63, 3.8) is 0 Å². The molecule has 0 spiro atoms. The van der Waals surface area contributed by atoms with Crippen LogP contribution in [0.1, 0.15) is 52.5 Å². The lowest BCUT2D eigenvalue weighted by Crippen LogP contribution is -2.66. The van der Waals surface area contributed by atoms with Crippen LogP contribution in [0.3, 0.4) is 0 Å². The largest absolute Gasteiger partial charge is 0.496 e. The van der Waals surface area contributed by atoms with Crippen LogP contribution in [0.5, 0.6) is 5.75 Å². The van der Waals surface area contributed by atoms with Gasteiger partial charge in [0.2, 0.25) is 5.95 Å². The summed E-state index contributed by atoms with van der Waals surface area (Å²) in [6, 6.07) is 30.4. The summed E-state index contributed by atoms with van der Waals surface area (Å²) < 4.78 is 14.7. The molecule has 1 atom stereocenters. The molecule has 0 unspecified atom stereocenters. The molecule has 44 heavy (non-hydrogen) atoms. The molecular weight excluding hydrogens is 565 g/mol. The fourth-order valence-corrected chi connectivity index (χ4v) is 10.7. The van der Waals surface area contributed by atoms with Gasteiger partial charge in [-0.3, -0.25) is 4.68 Å². The number of hydrogen-bond acceptors (Lipinski definition) is 7. The molecule has 2 aromatic heterocycles. The Kier molecular flexibility index (Phi) is 9.66. The third-order valence-electron chi connectivity index (χ3n) is 8.13. The van der Waals surface area contributed by atoms with Crippen LogP contribution < -0.4 is 26.2 Å². The number of benzene rings is 3. The molecule has 0 aliphatic rings. The first-order chi connectivity index (χ1) is 21.3. The number of anilines is 2. The van der Waals surface area contributed by atoms with E-state index in [9.17, 15) is 0 Å². The molecule has 0 aliphatic heterocycles. The molecule has 5 rings (SSSR count). The normalized spacial score (nSPS) is 12.8. The van der Waals surface area contributed by atoms with Gasteiger partial charge in [0, 0.05) is 18.2 Å². The van der Waals surface area contributed by atoms with Crippen LogP contribution in [-0.2, 0) is 11.0 Å². The zero-order chi connectivity index (χ0) is 31.2. The Bertz CT molecular complexity index is 1610. The Morgan fingerprint density at radius 1 is 0.977 bits per heavy atom. The third-order valence-corrected chi connectivity index (χ3v) is 13.2. The van der Waals surface area contributed by atoms with Gasteiger partial charge in [-0.1, -0.05) is 101 Å². The molecule has 2 heterocycles. The van der Waals surface area contributed by atoms with Crippen LogP contribution in [0.25, 0.3) is 11.0 Å². The van der Waals surface area contributed by atoms with Crippen molar-refractivity contribution < 1.29 is 9.16 Å². The van der Waals surface area contributed by atoms with E-state index in [0.717, 1.165) is 36.1 Å². The molecule has 1 radical (unpaired) electrons. The predicted molar refractivity (Wildman–Crippen MR) is 181 cm³/mol. The second-order valence-corrected chi connectivity index (χ2v) is 16.4. The van der Waals surface area contributed by atoms with Gasteiger partial charge in [0.05, 0.1) is 19.9 Å². The van der Waals surface area contributed by atoms with E-state index < -0.39 is 8.32 Å². The van der Waals surface area contributed by atoms with E-state index in [1.54, 1.807) is 13.3 Å². The van der Waals surface area contributed by atoms with Crippen molar-refractivity contribution in [1.82, 2.24) is 19.7 Å². The summed E-state index contributed by atoms with van der Waals surface area (Å²) in [6.07, 6.45) is 4.50. The van der Waals surface area contributed by atoms with E-state index in [0.29, 0.717) is 24.5 Å². The monoisotopic (exact) mass is 607 g/mol.